The van der Waals surface area contributed by atoms with Crippen molar-refractivity contribution in [2.75, 3.05) is 14.2 Å². The minimum atomic E-state index is -1.09. The molecule has 0 aromatic rings. The van der Waals surface area contributed by atoms with E-state index in [1.165, 1.54) is 14.2 Å². The van der Waals surface area contributed by atoms with Crippen LogP contribution in [0.15, 0.2) is 10.3 Å². The van der Waals surface area contributed by atoms with Crippen LogP contribution in [0.4, 0.5) is 0 Å². The van der Waals surface area contributed by atoms with E-state index in [9.17, 15) is 0 Å². The van der Waals surface area contributed by atoms with Crippen LogP contribution in [0, 0.1) is 0 Å². The monoisotopic (exact) mass is 202 g/mol. The Balaban J connectivity index is 3.06. The van der Waals surface area contributed by atoms with Crippen molar-refractivity contribution in [2.24, 2.45) is 10.3 Å². The second-order valence-corrected chi connectivity index (χ2v) is 3.01. The molecule has 0 spiro atoms. The Morgan fingerprint density at radius 2 is 1.86 bits per heavy atom. The van der Waals surface area contributed by atoms with Gasteiger partial charge in [0.15, 0.2) is 5.71 Å². The summed E-state index contributed by atoms with van der Waals surface area (Å²) in [6.07, 6.45) is 1.86. The van der Waals surface area contributed by atoms with E-state index in [-0.39, 0.29) is 5.71 Å². The minimum absolute atomic E-state index is 0.135. The first-order valence-corrected chi connectivity index (χ1v) is 4.28. The molecule has 1 rings (SSSR count). The molecule has 0 aromatic heterocycles. The van der Waals surface area contributed by atoms with E-state index in [1.54, 1.807) is 0 Å². The number of oxime groups is 2. The molecule has 6 heteroatoms. The lowest BCUT2D eigenvalue weighted by molar-refractivity contribution is -0.159. The van der Waals surface area contributed by atoms with Gasteiger partial charge in [-0.15, -0.1) is 0 Å². The zero-order valence-electron chi connectivity index (χ0n) is 8.23. The molecule has 1 aliphatic carbocycles. The molecule has 0 unspecified atom stereocenters. The van der Waals surface area contributed by atoms with E-state index in [0.717, 1.165) is 6.42 Å². The van der Waals surface area contributed by atoms with Crippen molar-refractivity contribution in [1.29, 1.82) is 0 Å². The highest BCUT2D eigenvalue weighted by Crippen LogP contribution is 2.28. The van der Waals surface area contributed by atoms with Crippen molar-refractivity contribution in [3.05, 3.63) is 0 Å². The van der Waals surface area contributed by atoms with Gasteiger partial charge in [-0.25, -0.2) is 0 Å². The molecule has 0 aromatic carbocycles. The standard InChI is InChI=1S/C8H14N2O4/c1-13-8(14-2)5-3-4-6(9-11)7(8)10-12/h11-12H,3-5H2,1-2H3/b9-6+,10-7-. The van der Waals surface area contributed by atoms with Crippen molar-refractivity contribution < 1.29 is 19.9 Å². The van der Waals surface area contributed by atoms with E-state index in [4.69, 9.17) is 19.9 Å². The van der Waals surface area contributed by atoms with Gasteiger partial charge in [0.25, 0.3) is 0 Å². The third-order valence-electron chi connectivity index (χ3n) is 2.43. The first kappa shape index (κ1) is 10.9. The second kappa shape index (κ2) is 4.39. The molecule has 2 N–H and O–H groups in total. The van der Waals surface area contributed by atoms with Gasteiger partial charge in [0.05, 0.1) is 0 Å². The molecule has 0 saturated heterocycles. The van der Waals surface area contributed by atoms with Crippen molar-refractivity contribution in [3.8, 4) is 0 Å². The fourth-order valence-electron chi connectivity index (χ4n) is 1.66. The number of ether oxygens (including phenoxy) is 2. The molecule has 6 nitrogen and oxygen atoms in total. The van der Waals surface area contributed by atoms with Crippen LogP contribution in [0.2, 0.25) is 0 Å². The highest BCUT2D eigenvalue weighted by Gasteiger charge is 2.43. The lowest BCUT2D eigenvalue weighted by Crippen LogP contribution is -2.49. The van der Waals surface area contributed by atoms with E-state index in [0.29, 0.717) is 18.6 Å². The molecule has 1 aliphatic rings. The van der Waals surface area contributed by atoms with Crippen LogP contribution in [0.5, 0.6) is 0 Å². The van der Waals surface area contributed by atoms with Gasteiger partial charge in [0.2, 0.25) is 5.79 Å². The molecule has 0 aliphatic heterocycles. The van der Waals surface area contributed by atoms with E-state index >= 15 is 0 Å². The van der Waals surface area contributed by atoms with Crippen LogP contribution in [0.3, 0.4) is 0 Å². The quantitative estimate of drug-likeness (QED) is 0.394. The summed E-state index contributed by atoms with van der Waals surface area (Å²) in [5.41, 5.74) is 0.429. The molecule has 0 amide bonds. The molecule has 0 bridgehead atoms. The summed E-state index contributed by atoms with van der Waals surface area (Å²) in [7, 11) is 2.91. The maximum absolute atomic E-state index is 8.83. The summed E-state index contributed by atoms with van der Waals surface area (Å²) in [6.45, 7) is 0. The zero-order valence-corrected chi connectivity index (χ0v) is 8.23. The minimum Gasteiger partial charge on any atom is -0.411 e. The van der Waals surface area contributed by atoms with Crippen LogP contribution in [-0.4, -0.2) is 41.8 Å². The van der Waals surface area contributed by atoms with Crippen molar-refractivity contribution >= 4 is 11.4 Å². The molecule has 80 valence electrons. The van der Waals surface area contributed by atoms with Crippen LogP contribution in [0.1, 0.15) is 19.3 Å². The van der Waals surface area contributed by atoms with E-state index in [2.05, 4.69) is 10.3 Å². The Kier molecular flexibility index (Phi) is 3.43. The van der Waals surface area contributed by atoms with Gasteiger partial charge in [-0.05, 0) is 12.8 Å². The number of methoxy groups -OCH3 is 2. The largest absolute Gasteiger partial charge is 0.411 e. The van der Waals surface area contributed by atoms with E-state index < -0.39 is 5.79 Å². The third-order valence-corrected chi connectivity index (χ3v) is 2.43. The summed E-state index contributed by atoms with van der Waals surface area (Å²) < 4.78 is 10.3. The number of rotatable bonds is 2. The number of nitrogens with zero attached hydrogens (tertiary/aromatic N) is 2. The highest BCUT2D eigenvalue weighted by molar-refractivity contribution is 6.45. The van der Waals surface area contributed by atoms with Gasteiger partial charge in [-0.1, -0.05) is 10.3 Å². The summed E-state index contributed by atoms with van der Waals surface area (Å²) >= 11 is 0. The zero-order chi connectivity index (χ0) is 10.6. The maximum Gasteiger partial charge on any atom is 0.217 e. The maximum atomic E-state index is 8.83. The highest BCUT2D eigenvalue weighted by atomic mass is 16.7. The molecule has 0 radical (unpaired) electrons. The summed E-state index contributed by atoms with van der Waals surface area (Å²) in [4.78, 5) is 0. The molecule has 1 fully saturated rings. The van der Waals surface area contributed by atoms with Crippen molar-refractivity contribution in [2.45, 2.75) is 25.0 Å². The molecule has 0 heterocycles. The molecule has 1 saturated carbocycles. The fraction of sp³-hybridized carbons (Fsp3) is 0.750. The van der Waals surface area contributed by atoms with Crippen LogP contribution in [0.25, 0.3) is 0 Å². The van der Waals surface area contributed by atoms with Crippen LogP contribution >= 0.6 is 0 Å². The van der Waals surface area contributed by atoms with Gasteiger partial charge < -0.3 is 19.9 Å². The Bertz CT molecular complexity index is 258. The van der Waals surface area contributed by atoms with Gasteiger partial charge >= 0.3 is 0 Å². The normalized spacial score (nSPS) is 27.0. The summed E-state index contributed by atoms with van der Waals surface area (Å²) in [5, 5.41) is 23.7. The Morgan fingerprint density at radius 1 is 1.21 bits per heavy atom. The van der Waals surface area contributed by atoms with E-state index in [1.807, 2.05) is 0 Å². The predicted molar refractivity (Wildman–Crippen MR) is 49.0 cm³/mol. The van der Waals surface area contributed by atoms with Crippen LogP contribution in [-0.2, 0) is 9.47 Å². The molecular weight excluding hydrogens is 188 g/mol. The third kappa shape index (κ3) is 1.58. The first-order chi connectivity index (χ1) is 6.74. The Morgan fingerprint density at radius 3 is 2.29 bits per heavy atom. The average Bonchev–Trinajstić information content (AvgIpc) is 2.27. The van der Waals surface area contributed by atoms with Gasteiger partial charge in [-0.2, -0.15) is 0 Å². The summed E-state index contributed by atoms with van der Waals surface area (Å²) in [6, 6.07) is 0. The fourth-order valence-corrected chi connectivity index (χ4v) is 1.66. The first-order valence-electron chi connectivity index (χ1n) is 4.28. The molecule has 14 heavy (non-hydrogen) atoms. The van der Waals surface area contributed by atoms with Crippen molar-refractivity contribution in [1.82, 2.24) is 0 Å². The van der Waals surface area contributed by atoms with Gasteiger partial charge in [0.1, 0.15) is 5.71 Å². The smallest absolute Gasteiger partial charge is 0.217 e. The summed E-state index contributed by atoms with van der Waals surface area (Å²) in [5.74, 6) is -1.09. The van der Waals surface area contributed by atoms with Gasteiger partial charge in [-0.3, -0.25) is 0 Å². The van der Waals surface area contributed by atoms with Crippen molar-refractivity contribution in [3.63, 3.8) is 0 Å². The lowest BCUT2D eigenvalue weighted by Gasteiger charge is -2.34. The Hall–Kier alpha value is -1.14. The molecule has 0 atom stereocenters. The predicted octanol–water partition coefficient (Wildman–Crippen LogP) is 0.820. The SMILES string of the molecule is COC1(OC)CCCC(=N\O)/C1=N/O. The van der Waals surface area contributed by atoms with Gasteiger partial charge in [0, 0.05) is 20.6 Å². The molecular formula is C8H14N2O4. The van der Waals surface area contributed by atoms with Crippen LogP contribution < -0.4 is 0 Å². The number of hydrogen-bond donors (Lipinski definition) is 2. The average molecular weight is 202 g/mol. The lowest BCUT2D eigenvalue weighted by atomic mass is 9.90. The number of hydrogen-bond acceptors (Lipinski definition) is 6. The Labute approximate surface area is 81.8 Å². The topological polar surface area (TPSA) is 83.6 Å². The second-order valence-electron chi connectivity index (χ2n) is 3.01.